The minimum Gasteiger partial charge on any atom is -0.384 e. The van der Waals surface area contributed by atoms with E-state index in [0.717, 1.165) is 24.3 Å². The Bertz CT molecular complexity index is 389. The lowest BCUT2D eigenvalue weighted by molar-refractivity contribution is 0.316. The molecule has 0 radical (unpaired) electrons. The van der Waals surface area contributed by atoms with Crippen LogP contribution in [0, 0.1) is 5.92 Å². The number of nitrogens with one attached hydrogen (secondary N) is 1. The van der Waals surface area contributed by atoms with Crippen molar-refractivity contribution in [2.45, 2.75) is 25.3 Å². The third-order valence-electron chi connectivity index (χ3n) is 3.72. The van der Waals surface area contributed by atoms with Crippen LogP contribution in [0.25, 0.3) is 0 Å². The van der Waals surface area contributed by atoms with Crippen LogP contribution in [0.5, 0.6) is 0 Å². The normalized spacial score (nSPS) is 25.1. The molecule has 1 aliphatic carbocycles. The third-order valence-corrected chi connectivity index (χ3v) is 3.72. The molecular formula is C13H20N4. The molecule has 1 unspecified atom stereocenters. The molecule has 1 saturated heterocycles. The maximum Gasteiger partial charge on any atom is 0.128 e. The van der Waals surface area contributed by atoms with E-state index in [1.54, 1.807) is 0 Å². The highest BCUT2D eigenvalue weighted by molar-refractivity contribution is 5.42. The minimum absolute atomic E-state index is 0.584. The first-order chi connectivity index (χ1) is 8.31. The number of hydrogen-bond acceptors (Lipinski definition) is 4. The van der Waals surface area contributed by atoms with Crippen LogP contribution in [0.1, 0.15) is 19.3 Å². The molecule has 2 fully saturated rings. The lowest BCUT2D eigenvalue weighted by atomic mass is 10.1. The van der Waals surface area contributed by atoms with Gasteiger partial charge in [0, 0.05) is 19.1 Å². The van der Waals surface area contributed by atoms with Gasteiger partial charge in [0.15, 0.2) is 0 Å². The number of aromatic nitrogens is 1. The topological polar surface area (TPSA) is 54.2 Å². The highest BCUT2D eigenvalue weighted by atomic mass is 15.2. The smallest absolute Gasteiger partial charge is 0.128 e. The van der Waals surface area contributed by atoms with Crippen molar-refractivity contribution in [3.05, 3.63) is 18.2 Å². The molecule has 0 amide bonds. The molecule has 0 aromatic carbocycles. The standard InChI is InChI=1S/C13H20N4/c14-12-2-1-3-13(16-12)15-8-10-6-7-17(9-10)11-4-5-11/h1-3,10-11H,4-9H2,(H3,14,15,16). The largest absolute Gasteiger partial charge is 0.384 e. The van der Waals surface area contributed by atoms with E-state index < -0.39 is 0 Å². The van der Waals surface area contributed by atoms with Gasteiger partial charge in [-0.25, -0.2) is 4.98 Å². The summed E-state index contributed by atoms with van der Waals surface area (Å²) in [6, 6.07) is 6.64. The van der Waals surface area contributed by atoms with Crippen molar-refractivity contribution in [3.63, 3.8) is 0 Å². The Morgan fingerprint density at radius 1 is 1.35 bits per heavy atom. The lowest BCUT2D eigenvalue weighted by Gasteiger charge is -2.15. The van der Waals surface area contributed by atoms with Gasteiger partial charge in [-0.1, -0.05) is 6.07 Å². The summed E-state index contributed by atoms with van der Waals surface area (Å²) >= 11 is 0. The predicted molar refractivity (Wildman–Crippen MR) is 69.8 cm³/mol. The van der Waals surface area contributed by atoms with Crippen molar-refractivity contribution in [2.24, 2.45) is 5.92 Å². The first-order valence-electron chi connectivity index (χ1n) is 6.52. The second-order valence-electron chi connectivity index (χ2n) is 5.21. The molecule has 0 bridgehead atoms. The van der Waals surface area contributed by atoms with Crippen LogP contribution in [0.2, 0.25) is 0 Å². The lowest BCUT2D eigenvalue weighted by Crippen LogP contribution is -2.24. The monoisotopic (exact) mass is 232 g/mol. The Morgan fingerprint density at radius 2 is 2.24 bits per heavy atom. The van der Waals surface area contributed by atoms with Crippen LogP contribution in [-0.4, -0.2) is 35.6 Å². The Morgan fingerprint density at radius 3 is 3.00 bits per heavy atom. The van der Waals surface area contributed by atoms with Gasteiger partial charge in [-0.15, -0.1) is 0 Å². The summed E-state index contributed by atoms with van der Waals surface area (Å²) in [7, 11) is 0. The molecule has 3 N–H and O–H groups in total. The Kier molecular flexibility index (Phi) is 2.89. The first kappa shape index (κ1) is 10.8. The predicted octanol–water partition coefficient (Wildman–Crippen LogP) is 1.56. The quantitative estimate of drug-likeness (QED) is 0.827. The summed E-state index contributed by atoms with van der Waals surface area (Å²) in [5.41, 5.74) is 5.65. The van der Waals surface area contributed by atoms with E-state index >= 15 is 0 Å². The van der Waals surface area contributed by atoms with Gasteiger partial charge in [0.2, 0.25) is 0 Å². The van der Waals surface area contributed by atoms with E-state index in [1.807, 2.05) is 18.2 Å². The van der Waals surface area contributed by atoms with E-state index in [2.05, 4.69) is 15.2 Å². The van der Waals surface area contributed by atoms with E-state index in [-0.39, 0.29) is 0 Å². The molecule has 1 aromatic rings. The molecule has 1 atom stereocenters. The number of rotatable bonds is 4. The molecule has 92 valence electrons. The maximum atomic E-state index is 5.65. The van der Waals surface area contributed by atoms with Crippen molar-refractivity contribution >= 4 is 11.6 Å². The zero-order valence-corrected chi connectivity index (χ0v) is 10.1. The molecule has 4 nitrogen and oxygen atoms in total. The van der Waals surface area contributed by atoms with Gasteiger partial charge in [0.1, 0.15) is 11.6 Å². The molecule has 3 rings (SSSR count). The molecule has 2 aliphatic rings. The fraction of sp³-hybridized carbons (Fsp3) is 0.615. The summed E-state index contributed by atoms with van der Waals surface area (Å²) in [5, 5.41) is 3.39. The third kappa shape index (κ3) is 2.69. The zero-order chi connectivity index (χ0) is 11.7. The van der Waals surface area contributed by atoms with Gasteiger partial charge < -0.3 is 16.0 Å². The molecule has 1 aromatic heterocycles. The number of pyridine rings is 1. The average molecular weight is 232 g/mol. The minimum atomic E-state index is 0.584. The zero-order valence-electron chi connectivity index (χ0n) is 10.1. The maximum absolute atomic E-state index is 5.65. The highest BCUT2D eigenvalue weighted by Gasteiger charge is 2.34. The van der Waals surface area contributed by atoms with Gasteiger partial charge in [-0.3, -0.25) is 0 Å². The molecule has 0 spiro atoms. The van der Waals surface area contributed by atoms with Crippen molar-refractivity contribution in [1.82, 2.24) is 9.88 Å². The van der Waals surface area contributed by atoms with Crippen molar-refractivity contribution in [3.8, 4) is 0 Å². The summed E-state index contributed by atoms with van der Waals surface area (Å²) in [5.74, 6) is 2.25. The number of anilines is 2. The average Bonchev–Trinajstić information content (AvgIpc) is 3.07. The summed E-state index contributed by atoms with van der Waals surface area (Å²) < 4.78 is 0. The van der Waals surface area contributed by atoms with Crippen LogP contribution in [0.3, 0.4) is 0 Å². The first-order valence-corrected chi connectivity index (χ1v) is 6.52. The fourth-order valence-corrected chi connectivity index (χ4v) is 2.60. The Hall–Kier alpha value is -1.29. The van der Waals surface area contributed by atoms with Crippen LogP contribution < -0.4 is 11.1 Å². The molecular weight excluding hydrogens is 212 g/mol. The van der Waals surface area contributed by atoms with Crippen molar-refractivity contribution in [2.75, 3.05) is 30.7 Å². The molecule has 2 heterocycles. The van der Waals surface area contributed by atoms with Gasteiger partial charge in [-0.2, -0.15) is 0 Å². The van der Waals surface area contributed by atoms with Crippen LogP contribution in [-0.2, 0) is 0 Å². The molecule has 4 heteroatoms. The number of nitrogen functional groups attached to an aromatic ring is 1. The summed E-state index contributed by atoms with van der Waals surface area (Å²) in [6.07, 6.45) is 4.14. The van der Waals surface area contributed by atoms with Gasteiger partial charge in [0.05, 0.1) is 0 Å². The van der Waals surface area contributed by atoms with Crippen molar-refractivity contribution in [1.29, 1.82) is 0 Å². The van der Waals surface area contributed by atoms with E-state index in [0.29, 0.717) is 5.82 Å². The molecule has 1 aliphatic heterocycles. The van der Waals surface area contributed by atoms with E-state index in [4.69, 9.17) is 5.73 Å². The second-order valence-corrected chi connectivity index (χ2v) is 5.21. The highest BCUT2D eigenvalue weighted by Crippen LogP contribution is 2.31. The Balaban J connectivity index is 1.48. The number of hydrogen-bond donors (Lipinski definition) is 2. The van der Waals surface area contributed by atoms with Crippen LogP contribution >= 0.6 is 0 Å². The van der Waals surface area contributed by atoms with E-state index in [9.17, 15) is 0 Å². The van der Waals surface area contributed by atoms with Crippen molar-refractivity contribution < 1.29 is 0 Å². The number of likely N-dealkylation sites (tertiary alicyclic amines) is 1. The molecule has 17 heavy (non-hydrogen) atoms. The van der Waals surface area contributed by atoms with Gasteiger partial charge in [-0.05, 0) is 43.9 Å². The summed E-state index contributed by atoms with van der Waals surface area (Å²) in [4.78, 5) is 6.89. The van der Waals surface area contributed by atoms with E-state index in [1.165, 1.54) is 32.4 Å². The second kappa shape index (κ2) is 4.53. The molecule has 1 saturated carbocycles. The fourth-order valence-electron chi connectivity index (χ4n) is 2.60. The van der Waals surface area contributed by atoms with Crippen LogP contribution in [0.15, 0.2) is 18.2 Å². The Labute approximate surface area is 102 Å². The number of nitrogens with zero attached hydrogens (tertiary/aromatic N) is 2. The van der Waals surface area contributed by atoms with Crippen LogP contribution in [0.4, 0.5) is 11.6 Å². The number of nitrogens with two attached hydrogens (primary N) is 1. The van der Waals surface area contributed by atoms with Gasteiger partial charge >= 0.3 is 0 Å². The SMILES string of the molecule is Nc1cccc(NCC2CCN(C3CC3)C2)n1. The summed E-state index contributed by atoms with van der Waals surface area (Å²) in [6.45, 7) is 3.54. The van der Waals surface area contributed by atoms with Gasteiger partial charge in [0.25, 0.3) is 0 Å².